The summed E-state index contributed by atoms with van der Waals surface area (Å²) in [6, 6.07) is 4.98. The van der Waals surface area contributed by atoms with Crippen molar-refractivity contribution in [2.75, 3.05) is 6.54 Å². The van der Waals surface area contributed by atoms with Gasteiger partial charge in [0.05, 0.1) is 11.0 Å². The lowest BCUT2D eigenvalue weighted by molar-refractivity contribution is 0.240. The van der Waals surface area contributed by atoms with E-state index in [1.165, 1.54) is 0 Å². The topological polar surface area (TPSA) is 73.2 Å². The summed E-state index contributed by atoms with van der Waals surface area (Å²) in [5.74, 6) is 2.02. The molecule has 1 N–H and O–H groups in total. The van der Waals surface area contributed by atoms with Crippen LogP contribution in [-0.4, -0.2) is 30.6 Å². The Labute approximate surface area is 149 Å². The minimum absolute atomic E-state index is 0.0538. The Bertz CT molecular complexity index is 843. The Morgan fingerprint density at radius 3 is 2.92 bits per heavy atom. The highest BCUT2D eigenvalue weighted by molar-refractivity contribution is 7.89. The van der Waals surface area contributed by atoms with Crippen LogP contribution in [0.1, 0.15) is 31.7 Å². The Hall–Kier alpha value is -1.86. The monoisotopic (exact) mass is 363 g/mol. The normalized spacial score (nSPS) is 17.5. The third kappa shape index (κ3) is 4.22. The standard InChI is InChI=1S/C18H25N3O3S/c1-13(2)24-17-5-4-16(10-14(17)3)25(22,23)20-12-15-6-8-21-9-7-19-18(21)11-15/h4-5,7,9-10,13,15,20H,6,8,11-12H2,1-3H3/t15-/m0/s1. The van der Waals surface area contributed by atoms with Gasteiger partial charge in [0.25, 0.3) is 0 Å². The van der Waals surface area contributed by atoms with Crippen LogP contribution >= 0.6 is 0 Å². The molecule has 3 rings (SSSR count). The number of benzene rings is 1. The van der Waals surface area contributed by atoms with Crippen molar-refractivity contribution < 1.29 is 13.2 Å². The number of hydrogen-bond donors (Lipinski definition) is 1. The first kappa shape index (κ1) is 17.9. The molecular formula is C18H25N3O3S. The molecule has 0 bridgehead atoms. The lowest BCUT2D eigenvalue weighted by atomic mass is 9.98. The van der Waals surface area contributed by atoms with Crippen molar-refractivity contribution in [1.29, 1.82) is 0 Å². The van der Waals surface area contributed by atoms with Crippen LogP contribution in [0.5, 0.6) is 5.75 Å². The Morgan fingerprint density at radius 1 is 1.40 bits per heavy atom. The van der Waals surface area contributed by atoms with Gasteiger partial charge in [-0.25, -0.2) is 18.1 Å². The SMILES string of the molecule is Cc1cc(S(=O)(=O)NC[C@H]2CCn3ccnc3C2)ccc1OC(C)C. The molecule has 1 atom stereocenters. The number of fused-ring (bicyclic) bond motifs is 1. The number of nitrogens with zero attached hydrogens (tertiary/aromatic N) is 2. The zero-order valence-corrected chi connectivity index (χ0v) is 15.7. The van der Waals surface area contributed by atoms with Crippen LogP contribution in [0.3, 0.4) is 0 Å². The van der Waals surface area contributed by atoms with E-state index in [-0.39, 0.29) is 16.9 Å². The van der Waals surface area contributed by atoms with Gasteiger partial charge >= 0.3 is 0 Å². The average Bonchev–Trinajstić information content (AvgIpc) is 3.02. The van der Waals surface area contributed by atoms with Gasteiger partial charge in [-0.1, -0.05) is 0 Å². The van der Waals surface area contributed by atoms with E-state index >= 15 is 0 Å². The maximum absolute atomic E-state index is 12.6. The molecule has 25 heavy (non-hydrogen) atoms. The molecule has 0 amide bonds. The molecule has 6 nitrogen and oxygen atoms in total. The van der Waals surface area contributed by atoms with Crippen molar-refractivity contribution in [2.24, 2.45) is 5.92 Å². The first-order chi connectivity index (χ1) is 11.8. The van der Waals surface area contributed by atoms with Crippen molar-refractivity contribution in [3.8, 4) is 5.75 Å². The average molecular weight is 363 g/mol. The van der Waals surface area contributed by atoms with Crippen LogP contribution in [0, 0.1) is 12.8 Å². The highest BCUT2D eigenvalue weighted by Crippen LogP contribution is 2.23. The van der Waals surface area contributed by atoms with E-state index in [9.17, 15) is 8.42 Å². The number of imidazole rings is 1. The predicted octanol–water partition coefficient (Wildman–Crippen LogP) is 2.52. The second-order valence-corrected chi connectivity index (χ2v) is 8.61. The molecule has 1 aromatic carbocycles. The number of sulfonamides is 1. The molecule has 0 radical (unpaired) electrons. The zero-order valence-electron chi connectivity index (χ0n) is 14.9. The highest BCUT2D eigenvalue weighted by Gasteiger charge is 2.22. The summed E-state index contributed by atoms with van der Waals surface area (Å²) < 4.78 is 35.7. The van der Waals surface area contributed by atoms with E-state index in [0.717, 1.165) is 30.8 Å². The molecule has 0 spiro atoms. The van der Waals surface area contributed by atoms with E-state index in [2.05, 4.69) is 14.3 Å². The molecule has 1 aliphatic rings. The van der Waals surface area contributed by atoms with Crippen molar-refractivity contribution in [3.05, 3.63) is 42.0 Å². The summed E-state index contributed by atoms with van der Waals surface area (Å²) in [4.78, 5) is 4.60. The van der Waals surface area contributed by atoms with Gasteiger partial charge in [-0.05, 0) is 56.9 Å². The van der Waals surface area contributed by atoms with Gasteiger partial charge < -0.3 is 9.30 Å². The molecule has 0 aliphatic carbocycles. The molecule has 0 saturated heterocycles. The van der Waals surface area contributed by atoms with E-state index in [1.54, 1.807) is 24.4 Å². The first-order valence-corrected chi connectivity index (χ1v) is 10.1. The largest absolute Gasteiger partial charge is 0.491 e. The third-order valence-corrected chi connectivity index (χ3v) is 5.85. The summed E-state index contributed by atoms with van der Waals surface area (Å²) in [5.41, 5.74) is 0.816. The number of aromatic nitrogens is 2. The molecule has 0 saturated carbocycles. The van der Waals surface area contributed by atoms with Crippen LogP contribution in [0.2, 0.25) is 0 Å². The number of nitrogens with one attached hydrogen (secondary N) is 1. The number of aryl methyl sites for hydroxylation is 2. The van der Waals surface area contributed by atoms with Crippen molar-refractivity contribution in [1.82, 2.24) is 14.3 Å². The van der Waals surface area contributed by atoms with E-state index in [0.29, 0.717) is 12.3 Å². The summed E-state index contributed by atoms with van der Waals surface area (Å²) in [6.45, 7) is 7.07. The van der Waals surface area contributed by atoms with Gasteiger partial charge in [-0.3, -0.25) is 0 Å². The van der Waals surface area contributed by atoms with Gasteiger partial charge in [-0.2, -0.15) is 0 Å². The molecular weight excluding hydrogens is 338 g/mol. The van der Waals surface area contributed by atoms with E-state index in [4.69, 9.17) is 4.74 Å². The van der Waals surface area contributed by atoms with Gasteiger partial charge in [0, 0.05) is 31.9 Å². The second-order valence-electron chi connectivity index (χ2n) is 6.84. The van der Waals surface area contributed by atoms with Crippen molar-refractivity contribution in [3.63, 3.8) is 0 Å². The summed E-state index contributed by atoms with van der Waals surface area (Å²) in [5, 5.41) is 0. The minimum atomic E-state index is -3.52. The maximum Gasteiger partial charge on any atom is 0.240 e. The van der Waals surface area contributed by atoms with Crippen LogP contribution in [0.25, 0.3) is 0 Å². The number of ether oxygens (including phenoxy) is 1. The van der Waals surface area contributed by atoms with Crippen LogP contribution in [0.4, 0.5) is 0 Å². The molecule has 7 heteroatoms. The van der Waals surface area contributed by atoms with Crippen LogP contribution in [-0.2, 0) is 23.0 Å². The Balaban J connectivity index is 1.65. The fourth-order valence-electron chi connectivity index (χ4n) is 3.08. The Morgan fingerprint density at radius 2 is 2.20 bits per heavy atom. The zero-order chi connectivity index (χ0) is 18.0. The van der Waals surface area contributed by atoms with Crippen molar-refractivity contribution in [2.45, 2.75) is 51.2 Å². The molecule has 0 fully saturated rings. The smallest absolute Gasteiger partial charge is 0.240 e. The predicted molar refractivity (Wildman–Crippen MR) is 96.2 cm³/mol. The summed E-state index contributed by atoms with van der Waals surface area (Å²) >= 11 is 0. The lowest BCUT2D eigenvalue weighted by Crippen LogP contribution is -2.33. The van der Waals surface area contributed by atoms with Crippen LogP contribution in [0.15, 0.2) is 35.5 Å². The van der Waals surface area contributed by atoms with Gasteiger partial charge in [0.15, 0.2) is 0 Å². The Kier molecular flexibility index (Phi) is 5.15. The molecule has 1 aromatic heterocycles. The number of rotatable bonds is 6. The molecule has 0 unspecified atom stereocenters. The van der Waals surface area contributed by atoms with Gasteiger partial charge in [0.1, 0.15) is 11.6 Å². The van der Waals surface area contributed by atoms with Gasteiger partial charge in [-0.15, -0.1) is 0 Å². The number of hydrogen-bond acceptors (Lipinski definition) is 4. The summed E-state index contributed by atoms with van der Waals surface area (Å²) in [6.07, 6.45) is 5.57. The lowest BCUT2D eigenvalue weighted by Gasteiger charge is -2.23. The molecule has 136 valence electrons. The second kappa shape index (κ2) is 7.17. The summed E-state index contributed by atoms with van der Waals surface area (Å²) in [7, 11) is -3.52. The molecule has 2 heterocycles. The van der Waals surface area contributed by atoms with Gasteiger partial charge in [0.2, 0.25) is 10.0 Å². The third-order valence-electron chi connectivity index (χ3n) is 4.43. The minimum Gasteiger partial charge on any atom is -0.491 e. The van der Waals surface area contributed by atoms with Crippen molar-refractivity contribution >= 4 is 10.0 Å². The van der Waals surface area contributed by atoms with E-state index < -0.39 is 10.0 Å². The highest BCUT2D eigenvalue weighted by atomic mass is 32.2. The maximum atomic E-state index is 12.6. The fraction of sp³-hybridized carbons (Fsp3) is 0.500. The first-order valence-electron chi connectivity index (χ1n) is 8.62. The quantitative estimate of drug-likeness (QED) is 0.856. The molecule has 2 aromatic rings. The van der Waals surface area contributed by atoms with Crippen LogP contribution < -0.4 is 9.46 Å². The molecule has 1 aliphatic heterocycles. The van der Waals surface area contributed by atoms with E-state index in [1.807, 2.05) is 27.0 Å². The fourth-order valence-corrected chi connectivity index (χ4v) is 4.28.